The third-order valence-electron chi connectivity index (χ3n) is 9.31. The van der Waals surface area contributed by atoms with Crippen molar-refractivity contribution in [1.82, 2.24) is 15.5 Å². The predicted octanol–water partition coefficient (Wildman–Crippen LogP) is 6.22. The molecule has 2 aromatic carbocycles. The van der Waals surface area contributed by atoms with Crippen molar-refractivity contribution in [2.45, 2.75) is 94.2 Å². The van der Waals surface area contributed by atoms with Crippen LogP contribution in [0.5, 0.6) is 0 Å². The lowest BCUT2D eigenvalue weighted by Crippen LogP contribution is -2.65. The van der Waals surface area contributed by atoms with Crippen molar-refractivity contribution in [2.75, 3.05) is 19.7 Å². The highest BCUT2D eigenvalue weighted by atomic mass is 19.4. The van der Waals surface area contributed by atoms with E-state index < -0.39 is 65.1 Å². The van der Waals surface area contributed by atoms with Gasteiger partial charge in [-0.1, -0.05) is 30.3 Å². The molecule has 0 aliphatic carbocycles. The summed E-state index contributed by atoms with van der Waals surface area (Å²) in [5.74, 6) is -0.784. The zero-order chi connectivity index (χ0) is 34.9. The number of hydrogen-bond acceptors (Lipinski definition) is 7. The van der Waals surface area contributed by atoms with Crippen LogP contribution in [-0.2, 0) is 41.7 Å². The number of alkyl halides is 6. The Bertz CT molecular complexity index is 1470. The Morgan fingerprint density at radius 1 is 0.958 bits per heavy atom. The molecule has 9 nitrogen and oxygen atoms in total. The number of amides is 2. The topological polar surface area (TPSA) is 106 Å². The first kappa shape index (κ1) is 35.5. The van der Waals surface area contributed by atoms with Gasteiger partial charge in [-0.15, -0.1) is 0 Å². The quantitative estimate of drug-likeness (QED) is 0.193. The van der Waals surface area contributed by atoms with Crippen molar-refractivity contribution in [3.8, 4) is 0 Å². The summed E-state index contributed by atoms with van der Waals surface area (Å²) in [6.07, 6.45) is -11.0. The summed E-state index contributed by atoms with van der Waals surface area (Å²) < 4.78 is 98.8. The van der Waals surface area contributed by atoms with E-state index in [0.717, 1.165) is 6.42 Å². The fraction of sp³-hybridized carbons (Fsp3) is 0.545. The van der Waals surface area contributed by atoms with Gasteiger partial charge < -0.3 is 24.8 Å². The minimum atomic E-state index is -5.04. The van der Waals surface area contributed by atoms with Crippen LogP contribution < -0.4 is 10.6 Å². The summed E-state index contributed by atoms with van der Waals surface area (Å²) in [5.41, 5.74) is -4.89. The molecule has 5 rings (SSSR count). The third-order valence-corrected chi connectivity index (χ3v) is 9.31. The Morgan fingerprint density at radius 2 is 1.62 bits per heavy atom. The van der Waals surface area contributed by atoms with Crippen LogP contribution in [0.1, 0.15) is 80.7 Å². The third kappa shape index (κ3) is 7.72. The second-order valence-corrected chi connectivity index (χ2v) is 12.6. The number of hydrogen-bond donors (Lipinski definition) is 2. The molecule has 48 heavy (non-hydrogen) atoms. The Labute approximate surface area is 273 Å². The van der Waals surface area contributed by atoms with Gasteiger partial charge in [-0.25, -0.2) is 4.79 Å². The molecule has 2 amide bonds. The molecule has 0 bridgehead atoms. The van der Waals surface area contributed by atoms with Crippen LogP contribution in [0, 0.1) is 0 Å². The summed E-state index contributed by atoms with van der Waals surface area (Å²) in [4.78, 5) is 40.3. The van der Waals surface area contributed by atoms with Gasteiger partial charge in [0.25, 0.3) is 0 Å². The SMILES string of the molecule is CC(OC(=O)[C@@H]1CCCN1)OC(=O)N1C[C@@]2(CCC(=O)N2)CC[C@@]1(CO[C@H](C)c1cc(C(F)(F)F)cc(C(F)(F)F)c1)c1ccccc1. The van der Waals surface area contributed by atoms with Crippen LogP contribution in [-0.4, -0.2) is 60.4 Å². The number of rotatable bonds is 8. The summed E-state index contributed by atoms with van der Waals surface area (Å²) in [7, 11) is 0. The molecule has 1 spiro atoms. The number of ether oxygens (including phenoxy) is 3. The number of esters is 1. The molecular weight excluding hydrogens is 648 g/mol. The molecular formula is C33H37F6N3O6. The average Bonchev–Trinajstić information content (AvgIpc) is 3.70. The van der Waals surface area contributed by atoms with E-state index in [1.165, 1.54) is 18.7 Å². The standard InChI is InChI=1S/C33H37F6N3O6/c1-20(22-15-24(32(34,35)36)17-25(16-22)33(37,38)39)46-19-31(23-7-4-3-5-8-23)13-12-30(11-10-27(43)41-30)18-42(31)29(45)48-21(2)47-28(44)26-9-6-14-40-26/h3-5,7-8,15-17,20-21,26,40H,6,9-14,18-19H2,1-2H3,(H,41,43)/t20-,21?,26+,30-,31-/m1/s1. The summed E-state index contributed by atoms with van der Waals surface area (Å²) in [6.45, 7) is 2.96. The fourth-order valence-electron chi connectivity index (χ4n) is 6.65. The molecule has 1 unspecified atom stereocenters. The van der Waals surface area contributed by atoms with Crippen molar-refractivity contribution < 1.29 is 54.9 Å². The highest BCUT2D eigenvalue weighted by Crippen LogP contribution is 2.46. The molecule has 0 saturated carbocycles. The molecule has 5 atom stereocenters. The monoisotopic (exact) mass is 685 g/mol. The van der Waals surface area contributed by atoms with Gasteiger partial charge in [-0.2, -0.15) is 26.3 Å². The van der Waals surface area contributed by atoms with Crippen molar-refractivity contribution in [2.24, 2.45) is 0 Å². The molecule has 3 aliphatic heterocycles. The van der Waals surface area contributed by atoms with Crippen molar-refractivity contribution >= 4 is 18.0 Å². The van der Waals surface area contributed by atoms with Crippen LogP contribution in [0.15, 0.2) is 48.5 Å². The average molecular weight is 686 g/mol. The second-order valence-electron chi connectivity index (χ2n) is 12.6. The van der Waals surface area contributed by atoms with Gasteiger partial charge >= 0.3 is 24.4 Å². The van der Waals surface area contributed by atoms with E-state index >= 15 is 0 Å². The van der Waals surface area contributed by atoms with Gasteiger partial charge in [0.05, 0.1) is 34.9 Å². The first-order valence-corrected chi connectivity index (χ1v) is 15.7. The van der Waals surface area contributed by atoms with E-state index in [9.17, 15) is 40.7 Å². The molecule has 3 saturated heterocycles. The summed E-state index contributed by atoms with van der Waals surface area (Å²) in [5, 5.41) is 5.97. The van der Waals surface area contributed by atoms with Crippen LogP contribution in [0.2, 0.25) is 0 Å². The van der Waals surface area contributed by atoms with Crippen molar-refractivity contribution in [1.29, 1.82) is 0 Å². The Balaban J connectivity index is 1.46. The second kappa shape index (κ2) is 13.6. The van der Waals surface area contributed by atoms with Gasteiger partial charge in [0.15, 0.2) is 0 Å². The summed E-state index contributed by atoms with van der Waals surface area (Å²) >= 11 is 0. The first-order valence-electron chi connectivity index (χ1n) is 15.7. The van der Waals surface area contributed by atoms with E-state index in [1.54, 1.807) is 30.3 Å². The van der Waals surface area contributed by atoms with E-state index in [-0.39, 0.29) is 43.5 Å². The highest BCUT2D eigenvalue weighted by molar-refractivity contribution is 5.80. The largest absolute Gasteiger partial charge is 0.424 e. The van der Waals surface area contributed by atoms with Crippen molar-refractivity contribution in [3.63, 3.8) is 0 Å². The number of nitrogens with zero attached hydrogens (tertiary/aromatic N) is 1. The van der Waals surface area contributed by atoms with Gasteiger partial charge in [0.1, 0.15) is 6.04 Å². The molecule has 2 N–H and O–H groups in total. The Morgan fingerprint density at radius 3 is 2.19 bits per heavy atom. The van der Waals surface area contributed by atoms with Crippen molar-refractivity contribution in [3.05, 3.63) is 70.8 Å². The molecule has 0 radical (unpaired) electrons. The maximum atomic E-state index is 14.0. The maximum Gasteiger partial charge on any atom is 0.416 e. The molecule has 262 valence electrons. The molecule has 3 fully saturated rings. The van der Waals surface area contributed by atoms with Crippen LogP contribution in [0.4, 0.5) is 31.1 Å². The molecule has 15 heteroatoms. The first-order chi connectivity index (χ1) is 22.5. The zero-order valence-electron chi connectivity index (χ0n) is 26.4. The number of nitrogens with one attached hydrogen (secondary N) is 2. The lowest BCUT2D eigenvalue weighted by Gasteiger charge is -2.52. The minimum absolute atomic E-state index is 0.0448. The number of likely N-dealkylation sites (tertiary alicyclic amines) is 1. The summed E-state index contributed by atoms with van der Waals surface area (Å²) in [6, 6.07) is 9.35. The van der Waals surface area contributed by atoms with E-state index in [0.29, 0.717) is 43.5 Å². The zero-order valence-corrected chi connectivity index (χ0v) is 26.4. The molecule has 3 heterocycles. The Hall–Kier alpha value is -3.85. The number of piperidine rings is 1. The fourth-order valence-corrected chi connectivity index (χ4v) is 6.65. The highest BCUT2D eigenvalue weighted by Gasteiger charge is 2.54. The minimum Gasteiger partial charge on any atom is -0.424 e. The number of carbonyl (C=O) groups is 3. The number of carbonyl (C=O) groups excluding carboxylic acids is 3. The van der Waals surface area contributed by atoms with E-state index in [1.807, 2.05) is 0 Å². The lowest BCUT2D eigenvalue weighted by atomic mass is 9.74. The van der Waals surface area contributed by atoms with Gasteiger partial charge in [0, 0.05) is 19.9 Å². The van der Waals surface area contributed by atoms with Gasteiger partial charge in [0.2, 0.25) is 12.2 Å². The maximum absolute atomic E-state index is 14.0. The van der Waals surface area contributed by atoms with Crippen LogP contribution >= 0.6 is 0 Å². The number of benzene rings is 2. The normalized spacial score (nSPS) is 25.9. The van der Waals surface area contributed by atoms with E-state index in [2.05, 4.69) is 10.6 Å². The van der Waals surface area contributed by atoms with Crippen LogP contribution in [0.3, 0.4) is 0 Å². The predicted molar refractivity (Wildman–Crippen MR) is 158 cm³/mol. The molecule has 0 aromatic heterocycles. The van der Waals surface area contributed by atoms with E-state index in [4.69, 9.17) is 14.2 Å². The van der Waals surface area contributed by atoms with Gasteiger partial charge in [-0.05, 0) is 74.9 Å². The van der Waals surface area contributed by atoms with Gasteiger partial charge in [-0.3, -0.25) is 14.5 Å². The number of halogens is 6. The Kier molecular flexibility index (Phi) is 10.0. The lowest BCUT2D eigenvalue weighted by molar-refractivity contribution is -0.171. The molecule has 3 aliphatic rings. The molecule has 2 aromatic rings. The smallest absolute Gasteiger partial charge is 0.416 e. The van der Waals surface area contributed by atoms with Crippen LogP contribution in [0.25, 0.3) is 0 Å².